The van der Waals surface area contributed by atoms with Crippen molar-refractivity contribution < 1.29 is 0 Å². The molecule has 2 aromatic rings. The quantitative estimate of drug-likeness (QED) is 0.912. The highest BCUT2D eigenvalue weighted by molar-refractivity contribution is 6.31. The number of hydrogen-bond acceptors (Lipinski definition) is 4. The molecule has 0 spiro atoms. The number of anilines is 1. The van der Waals surface area contributed by atoms with Gasteiger partial charge in [0.05, 0.1) is 11.0 Å². The molecule has 0 saturated carbocycles. The Morgan fingerprint density at radius 1 is 1.35 bits per heavy atom. The van der Waals surface area contributed by atoms with E-state index in [4.69, 9.17) is 17.3 Å². The Balaban J connectivity index is 1.93. The van der Waals surface area contributed by atoms with Crippen LogP contribution in [-0.2, 0) is 6.54 Å². The zero-order valence-electron chi connectivity index (χ0n) is 11.9. The summed E-state index contributed by atoms with van der Waals surface area (Å²) >= 11 is 6.09. The van der Waals surface area contributed by atoms with Crippen molar-refractivity contribution in [3.8, 4) is 0 Å². The molecular formula is C14H20ClN5. The van der Waals surface area contributed by atoms with Crippen molar-refractivity contribution >= 4 is 28.6 Å². The summed E-state index contributed by atoms with van der Waals surface area (Å²) in [7, 11) is 4.33. The lowest BCUT2D eigenvalue weighted by Crippen LogP contribution is -2.51. The average Bonchev–Trinajstić information content (AvgIpc) is 2.70. The summed E-state index contributed by atoms with van der Waals surface area (Å²) in [6.45, 7) is 4.06. The highest BCUT2D eigenvalue weighted by Crippen LogP contribution is 2.23. The first-order valence-electron chi connectivity index (χ1n) is 6.84. The van der Waals surface area contributed by atoms with Gasteiger partial charge < -0.3 is 15.2 Å². The highest BCUT2D eigenvalue weighted by atomic mass is 35.5. The first kappa shape index (κ1) is 13.7. The fourth-order valence-corrected chi connectivity index (χ4v) is 2.98. The third-order valence-corrected chi connectivity index (χ3v) is 4.35. The van der Waals surface area contributed by atoms with Crippen LogP contribution in [0.2, 0.25) is 5.02 Å². The van der Waals surface area contributed by atoms with Crippen LogP contribution in [0, 0.1) is 0 Å². The molecule has 1 aliphatic rings. The summed E-state index contributed by atoms with van der Waals surface area (Å²) in [4.78, 5) is 9.15. The number of piperazine rings is 1. The van der Waals surface area contributed by atoms with Gasteiger partial charge in [0.15, 0.2) is 0 Å². The molecule has 1 fully saturated rings. The molecule has 20 heavy (non-hydrogen) atoms. The van der Waals surface area contributed by atoms with Crippen LogP contribution in [0.3, 0.4) is 0 Å². The molecule has 1 aromatic heterocycles. The third-order valence-electron chi connectivity index (χ3n) is 4.11. The van der Waals surface area contributed by atoms with E-state index < -0.39 is 0 Å². The van der Waals surface area contributed by atoms with Gasteiger partial charge in [-0.2, -0.15) is 0 Å². The summed E-state index contributed by atoms with van der Waals surface area (Å²) in [5.41, 5.74) is 7.99. The predicted octanol–water partition coefficient (Wildman–Crippen LogP) is 1.52. The Bertz CT molecular complexity index is 623. The molecule has 0 amide bonds. The number of rotatable bonds is 2. The Kier molecular flexibility index (Phi) is 3.58. The van der Waals surface area contributed by atoms with Crippen LogP contribution in [0.4, 0.5) is 5.95 Å². The maximum atomic E-state index is 6.09. The zero-order chi connectivity index (χ0) is 14.3. The fourth-order valence-electron chi connectivity index (χ4n) is 2.82. The van der Waals surface area contributed by atoms with Gasteiger partial charge in [0.1, 0.15) is 0 Å². The lowest BCUT2D eigenvalue weighted by atomic mass is 10.2. The van der Waals surface area contributed by atoms with E-state index >= 15 is 0 Å². The lowest BCUT2D eigenvalue weighted by molar-refractivity contribution is 0.104. The molecule has 1 aromatic carbocycles. The number of aromatic nitrogens is 2. The number of nitrogens with zero attached hydrogens (tertiary/aromatic N) is 4. The van der Waals surface area contributed by atoms with Crippen LogP contribution in [0.5, 0.6) is 0 Å². The molecule has 0 radical (unpaired) electrons. The topological polar surface area (TPSA) is 50.3 Å². The number of imidazole rings is 1. The average molecular weight is 294 g/mol. The Hall–Kier alpha value is -1.30. The van der Waals surface area contributed by atoms with Gasteiger partial charge in [0, 0.05) is 37.2 Å². The summed E-state index contributed by atoms with van der Waals surface area (Å²) in [5.74, 6) is 0.559. The number of halogens is 1. The van der Waals surface area contributed by atoms with Crippen LogP contribution in [0.15, 0.2) is 18.2 Å². The zero-order valence-corrected chi connectivity index (χ0v) is 12.6. The molecule has 3 rings (SSSR count). The van der Waals surface area contributed by atoms with Crippen molar-refractivity contribution in [2.75, 3.05) is 39.5 Å². The molecule has 2 heterocycles. The maximum absolute atomic E-state index is 6.09. The standard InChI is InChI=1S/C14H20ClN5/c1-18-5-6-19(2)11(8-18)9-20-13-7-10(15)3-4-12(13)17-14(20)16/h3-4,7,11H,5-6,8-9H2,1-2H3,(H2,16,17). The van der Waals surface area contributed by atoms with E-state index in [9.17, 15) is 0 Å². The van der Waals surface area contributed by atoms with Crippen molar-refractivity contribution in [2.24, 2.45) is 0 Å². The minimum Gasteiger partial charge on any atom is -0.369 e. The van der Waals surface area contributed by atoms with Crippen LogP contribution in [0.1, 0.15) is 0 Å². The van der Waals surface area contributed by atoms with Crippen molar-refractivity contribution in [3.63, 3.8) is 0 Å². The molecule has 1 saturated heterocycles. The second kappa shape index (κ2) is 5.24. The fraction of sp³-hybridized carbons (Fsp3) is 0.500. The van der Waals surface area contributed by atoms with E-state index in [1.54, 1.807) is 0 Å². The SMILES string of the molecule is CN1CCN(C)C(Cn2c(N)nc3ccc(Cl)cc32)C1. The first-order valence-corrected chi connectivity index (χ1v) is 7.22. The minimum atomic E-state index is 0.437. The van der Waals surface area contributed by atoms with Crippen molar-refractivity contribution in [1.82, 2.24) is 19.4 Å². The van der Waals surface area contributed by atoms with Crippen LogP contribution in [0.25, 0.3) is 11.0 Å². The summed E-state index contributed by atoms with van der Waals surface area (Å²) in [6, 6.07) is 6.14. The van der Waals surface area contributed by atoms with Crippen molar-refractivity contribution in [1.29, 1.82) is 0 Å². The van der Waals surface area contributed by atoms with E-state index in [2.05, 4.69) is 33.4 Å². The smallest absolute Gasteiger partial charge is 0.201 e. The van der Waals surface area contributed by atoms with Gasteiger partial charge in [-0.3, -0.25) is 4.90 Å². The van der Waals surface area contributed by atoms with Gasteiger partial charge in [-0.15, -0.1) is 0 Å². The molecule has 1 aliphatic heterocycles. The van der Waals surface area contributed by atoms with E-state index in [-0.39, 0.29) is 0 Å². The second-order valence-electron chi connectivity index (χ2n) is 5.61. The van der Waals surface area contributed by atoms with Gasteiger partial charge in [-0.25, -0.2) is 4.98 Å². The normalized spacial score (nSPS) is 21.6. The molecule has 1 atom stereocenters. The van der Waals surface area contributed by atoms with E-state index in [0.717, 1.165) is 37.2 Å². The number of nitrogens with two attached hydrogens (primary N) is 1. The number of likely N-dealkylation sites (N-methyl/N-ethyl adjacent to an activating group) is 2. The molecule has 1 unspecified atom stereocenters. The lowest BCUT2D eigenvalue weighted by Gasteiger charge is -2.38. The van der Waals surface area contributed by atoms with Crippen LogP contribution < -0.4 is 5.73 Å². The second-order valence-corrected chi connectivity index (χ2v) is 6.05. The summed E-state index contributed by atoms with van der Waals surface area (Å²) < 4.78 is 2.07. The van der Waals surface area contributed by atoms with Gasteiger partial charge in [0.25, 0.3) is 0 Å². The summed E-state index contributed by atoms with van der Waals surface area (Å²) in [6.07, 6.45) is 0. The molecule has 5 nitrogen and oxygen atoms in total. The van der Waals surface area contributed by atoms with Crippen molar-refractivity contribution in [2.45, 2.75) is 12.6 Å². The predicted molar refractivity (Wildman–Crippen MR) is 83.1 cm³/mol. The molecule has 6 heteroatoms. The molecule has 108 valence electrons. The van der Waals surface area contributed by atoms with Crippen molar-refractivity contribution in [3.05, 3.63) is 23.2 Å². The van der Waals surface area contributed by atoms with E-state index in [1.165, 1.54) is 0 Å². The minimum absolute atomic E-state index is 0.437. The van der Waals surface area contributed by atoms with E-state index in [1.807, 2.05) is 18.2 Å². The third kappa shape index (κ3) is 2.49. The van der Waals surface area contributed by atoms with Gasteiger partial charge in [-0.1, -0.05) is 11.6 Å². The number of hydrogen-bond donors (Lipinski definition) is 1. The maximum Gasteiger partial charge on any atom is 0.201 e. The number of fused-ring (bicyclic) bond motifs is 1. The van der Waals surface area contributed by atoms with Crippen LogP contribution in [-0.4, -0.2) is 59.1 Å². The van der Waals surface area contributed by atoms with Gasteiger partial charge in [0.2, 0.25) is 5.95 Å². The molecule has 2 N–H and O–H groups in total. The first-order chi connectivity index (χ1) is 9.54. The molecular weight excluding hydrogens is 274 g/mol. The number of benzene rings is 1. The molecule has 0 bridgehead atoms. The Labute approximate surface area is 123 Å². The Morgan fingerprint density at radius 3 is 2.95 bits per heavy atom. The largest absolute Gasteiger partial charge is 0.369 e. The molecule has 0 aliphatic carbocycles. The number of nitrogen functional groups attached to an aromatic ring is 1. The van der Waals surface area contributed by atoms with Gasteiger partial charge >= 0.3 is 0 Å². The summed E-state index contributed by atoms with van der Waals surface area (Å²) in [5, 5.41) is 0.716. The Morgan fingerprint density at radius 2 is 2.15 bits per heavy atom. The highest BCUT2D eigenvalue weighted by Gasteiger charge is 2.24. The van der Waals surface area contributed by atoms with Gasteiger partial charge in [-0.05, 0) is 32.3 Å². The van der Waals surface area contributed by atoms with E-state index in [0.29, 0.717) is 17.0 Å². The monoisotopic (exact) mass is 293 g/mol. The van der Waals surface area contributed by atoms with Crippen LogP contribution >= 0.6 is 11.6 Å².